The third-order valence-corrected chi connectivity index (χ3v) is 6.03. The van der Waals surface area contributed by atoms with Crippen molar-refractivity contribution in [2.75, 3.05) is 26.2 Å². The van der Waals surface area contributed by atoms with Crippen LogP contribution in [0.2, 0.25) is 0 Å². The number of hydrogen-bond acceptors (Lipinski definition) is 3. The molecule has 0 aromatic heterocycles. The molecule has 0 amide bonds. The van der Waals surface area contributed by atoms with E-state index in [0.717, 1.165) is 45.4 Å². The second-order valence-corrected chi connectivity index (χ2v) is 7.37. The Morgan fingerprint density at radius 1 is 1.15 bits per heavy atom. The molecule has 1 saturated carbocycles. The maximum atomic E-state index is 11.1. The molecule has 0 bridgehead atoms. The molecule has 0 aromatic carbocycles. The van der Waals surface area contributed by atoms with Crippen molar-refractivity contribution in [3.63, 3.8) is 0 Å². The van der Waals surface area contributed by atoms with Gasteiger partial charge in [-0.2, -0.15) is 0 Å². The van der Waals surface area contributed by atoms with Gasteiger partial charge >= 0.3 is 0 Å². The number of hydrogen-bond donors (Lipinski definition) is 1. The minimum Gasteiger partial charge on any atom is -0.389 e. The van der Waals surface area contributed by atoms with E-state index in [1.165, 1.54) is 38.6 Å². The molecule has 1 unspecified atom stereocenters. The zero-order valence-corrected chi connectivity index (χ0v) is 13.1. The molecular formula is C17H31NO2. The van der Waals surface area contributed by atoms with Crippen molar-refractivity contribution < 1.29 is 9.84 Å². The van der Waals surface area contributed by atoms with Crippen LogP contribution >= 0.6 is 0 Å². The van der Waals surface area contributed by atoms with Crippen LogP contribution in [-0.4, -0.2) is 47.4 Å². The minimum absolute atomic E-state index is 0.138. The van der Waals surface area contributed by atoms with Crippen LogP contribution in [0.1, 0.15) is 64.7 Å². The summed E-state index contributed by atoms with van der Waals surface area (Å²) < 4.78 is 6.13. The van der Waals surface area contributed by atoms with Crippen molar-refractivity contribution in [2.45, 2.75) is 75.9 Å². The molecule has 0 aromatic rings. The largest absolute Gasteiger partial charge is 0.389 e. The molecule has 3 aliphatic rings. The molecule has 20 heavy (non-hydrogen) atoms. The summed E-state index contributed by atoms with van der Waals surface area (Å²) in [5.74, 6) is 0.470. The number of nitrogens with zero attached hydrogens (tertiary/aromatic N) is 1. The van der Waals surface area contributed by atoms with Crippen LogP contribution in [0.3, 0.4) is 0 Å². The number of aliphatic hydroxyl groups is 1. The molecule has 1 atom stereocenters. The predicted octanol–water partition coefficient (Wildman–Crippen LogP) is 2.96. The van der Waals surface area contributed by atoms with Crippen LogP contribution in [0, 0.1) is 5.92 Å². The maximum Gasteiger partial charge on any atom is 0.0702 e. The molecule has 1 N–H and O–H groups in total. The van der Waals surface area contributed by atoms with Crippen molar-refractivity contribution in [1.29, 1.82) is 0 Å². The Labute approximate surface area is 123 Å². The molecular weight excluding hydrogens is 250 g/mol. The number of rotatable bonds is 3. The second-order valence-electron chi connectivity index (χ2n) is 7.37. The van der Waals surface area contributed by atoms with E-state index in [1.807, 2.05) is 0 Å². The maximum absolute atomic E-state index is 11.1. The summed E-state index contributed by atoms with van der Waals surface area (Å²) in [5.41, 5.74) is -0.275. The first-order chi connectivity index (χ1) is 9.66. The zero-order valence-electron chi connectivity index (χ0n) is 13.1. The van der Waals surface area contributed by atoms with Gasteiger partial charge in [0, 0.05) is 19.7 Å². The minimum atomic E-state index is -0.413. The van der Waals surface area contributed by atoms with Crippen molar-refractivity contribution in [1.82, 2.24) is 4.90 Å². The molecule has 1 spiro atoms. The van der Waals surface area contributed by atoms with Crippen LogP contribution in [0.4, 0.5) is 0 Å². The van der Waals surface area contributed by atoms with E-state index >= 15 is 0 Å². The fraction of sp³-hybridized carbons (Fsp3) is 1.00. The van der Waals surface area contributed by atoms with Gasteiger partial charge < -0.3 is 14.7 Å². The Hall–Kier alpha value is -0.120. The molecule has 1 aliphatic carbocycles. The Morgan fingerprint density at radius 3 is 2.50 bits per heavy atom. The van der Waals surface area contributed by atoms with E-state index in [4.69, 9.17) is 4.74 Å². The number of likely N-dealkylation sites (tertiary alicyclic amines) is 1. The first-order valence-electron chi connectivity index (χ1n) is 8.75. The Bertz CT molecular complexity index is 317. The summed E-state index contributed by atoms with van der Waals surface area (Å²) in [5, 5.41) is 11.1. The standard InChI is InChI=1S/C17H31NO2/c1-2-10-18-11-8-17(19,9-12-18)15-5-13-20-16(14-15)6-3-4-7-16/h15,19H,2-14H2,1H3. The van der Waals surface area contributed by atoms with Gasteiger partial charge in [0.25, 0.3) is 0 Å². The van der Waals surface area contributed by atoms with Gasteiger partial charge in [-0.15, -0.1) is 0 Å². The van der Waals surface area contributed by atoms with Gasteiger partial charge in [-0.3, -0.25) is 0 Å². The lowest BCUT2D eigenvalue weighted by atomic mass is 9.71. The smallest absolute Gasteiger partial charge is 0.0702 e. The molecule has 116 valence electrons. The van der Waals surface area contributed by atoms with Crippen LogP contribution in [0.15, 0.2) is 0 Å². The summed E-state index contributed by atoms with van der Waals surface area (Å²) in [6, 6.07) is 0. The summed E-state index contributed by atoms with van der Waals surface area (Å²) in [4.78, 5) is 2.51. The van der Waals surface area contributed by atoms with Gasteiger partial charge in [-0.05, 0) is 57.4 Å². The lowest BCUT2D eigenvalue weighted by Gasteiger charge is -2.48. The molecule has 0 radical (unpaired) electrons. The molecule has 3 rings (SSSR count). The zero-order chi connectivity index (χ0) is 14.1. The van der Waals surface area contributed by atoms with Crippen molar-refractivity contribution in [3.8, 4) is 0 Å². The van der Waals surface area contributed by atoms with E-state index in [0.29, 0.717) is 5.92 Å². The van der Waals surface area contributed by atoms with Crippen molar-refractivity contribution in [3.05, 3.63) is 0 Å². The molecule has 2 saturated heterocycles. The SMILES string of the molecule is CCCN1CCC(O)(C2CCOC3(CCCC3)C2)CC1. The number of piperidine rings is 1. The van der Waals surface area contributed by atoms with Gasteiger partial charge in [0.2, 0.25) is 0 Å². The Kier molecular flexibility index (Phi) is 4.40. The van der Waals surface area contributed by atoms with E-state index in [9.17, 15) is 5.11 Å². The van der Waals surface area contributed by atoms with Crippen LogP contribution in [0.25, 0.3) is 0 Å². The Morgan fingerprint density at radius 2 is 1.85 bits per heavy atom. The first kappa shape index (κ1) is 14.8. The summed E-state index contributed by atoms with van der Waals surface area (Å²) in [6.45, 7) is 6.45. The summed E-state index contributed by atoms with van der Waals surface area (Å²) >= 11 is 0. The Balaban J connectivity index is 1.60. The fourth-order valence-corrected chi connectivity index (χ4v) is 4.74. The van der Waals surface area contributed by atoms with Crippen molar-refractivity contribution in [2.24, 2.45) is 5.92 Å². The molecule has 2 heterocycles. The number of ether oxygens (including phenoxy) is 1. The van der Waals surface area contributed by atoms with Gasteiger partial charge in [0.1, 0.15) is 0 Å². The predicted molar refractivity (Wildman–Crippen MR) is 80.8 cm³/mol. The van der Waals surface area contributed by atoms with Crippen molar-refractivity contribution >= 4 is 0 Å². The van der Waals surface area contributed by atoms with Gasteiger partial charge in [0.05, 0.1) is 11.2 Å². The normalized spacial score (nSPS) is 33.6. The topological polar surface area (TPSA) is 32.7 Å². The third kappa shape index (κ3) is 2.90. The van der Waals surface area contributed by atoms with Crippen LogP contribution < -0.4 is 0 Å². The second kappa shape index (κ2) is 5.94. The highest BCUT2D eigenvalue weighted by molar-refractivity contribution is 4.99. The monoisotopic (exact) mass is 281 g/mol. The molecule has 3 nitrogen and oxygen atoms in total. The van der Waals surface area contributed by atoms with E-state index in [-0.39, 0.29) is 5.60 Å². The van der Waals surface area contributed by atoms with Gasteiger partial charge in [-0.1, -0.05) is 19.8 Å². The van der Waals surface area contributed by atoms with E-state index in [2.05, 4.69) is 11.8 Å². The quantitative estimate of drug-likeness (QED) is 0.863. The van der Waals surface area contributed by atoms with Gasteiger partial charge in [-0.25, -0.2) is 0 Å². The molecule has 3 heteroatoms. The lowest BCUT2D eigenvalue weighted by Crippen LogP contribution is -2.53. The van der Waals surface area contributed by atoms with Gasteiger partial charge in [0.15, 0.2) is 0 Å². The highest BCUT2D eigenvalue weighted by Gasteiger charge is 2.47. The summed E-state index contributed by atoms with van der Waals surface area (Å²) in [7, 11) is 0. The average Bonchev–Trinajstić information content (AvgIpc) is 2.90. The van der Waals surface area contributed by atoms with E-state index in [1.54, 1.807) is 0 Å². The van der Waals surface area contributed by atoms with Crippen LogP contribution in [-0.2, 0) is 4.74 Å². The summed E-state index contributed by atoms with van der Waals surface area (Å²) in [6.07, 6.45) is 10.4. The highest BCUT2D eigenvalue weighted by atomic mass is 16.5. The highest BCUT2D eigenvalue weighted by Crippen LogP contribution is 2.47. The van der Waals surface area contributed by atoms with Crippen LogP contribution in [0.5, 0.6) is 0 Å². The van der Waals surface area contributed by atoms with E-state index < -0.39 is 5.60 Å². The third-order valence-electron chi connectivity index (χ3n) is 6.03. The average molecular weight is 281 g/mol. The first-order valence-corrected chi connectivity index (χ1v) is 8.75. The lowest BCUT2D eigenvalue weighted by molar-refractivity contribution is -0.153. The molecule has 3 fully saturated rings. The molecule has 2 aliphatic heterocycles. The fourth-order valence-electron chi connectivity index (χ4n) is 4.74.